The molecule has 0 aliphatic carbocycles. The molecule has 0 atom stereocenters. The first-order valence-corrected chi connectivity index (χ1v) is 14.3. The van der Waals surface area contributed by atoms with Crippen LogP contribution in [0.3, 0.4) is 0 Å². The Hall–Kier alpha value is -3.21. The van der Waals surface area contributed by atoms with Gasteiger partial charge in [0.05, 0.1) is 29.4 Å². The van der Waals surface area contributed by atoms with Crippen LogP contribution in [-0.4, -0.2) is 55.7 Å². The smallest absolute Gasteiger partial charge is 0.305 e. The molecule has 1 amide bonds. The van der Waals surface area contributed by atoms with Crippen LogP contribution in [0.2, 0.25) is 0 Å². The van der Waals surface area contributed by atoms with Crippen LogP contribution in [0.15, 0.2) is 59.4 Å². The van der Waals surface area contributed by atoms with E-state index in [1.54, 1.807) is 6.07 Å². The number of carbonyl (C=O) groups excluding carboxylic acids is 1. The number of amides is 1. The fourth-order valence-electron chi connectivity index (χ4n) is 4.03. The van der Waals surface area contributed by atoms with E-state index in [-0.39, 0.29) is 41.1 Å². The Morgan fingerprint density at radius 1 is 0.972 bits per heavy atom. The van der Waals surface area contributed by atoms with E-state index < -0.39 is 9.84 Å². The maximum Gasteiger partial charge on any atom is 0.305 e. The first-order chi connectivity index (χ1) is 17.3. The lowest BCUT2D eigenvalue weighted by atomic mass is 10.0. The number of carbonyl (C=O) groups is 1. The molecule has 0 unspecified atom stereocenters. The van der Waals surface area contributed by atoms with Gasteiger partial charge in [-0.2, -0.15) is 0 Å². The number of fused-ring (bicyclic) bond motifs is 2. The van der Waals surface area contributed by atoms with Crippen molar-refractivity contribution in [1.82, 2.24) is 10.3 Å². The Morgan fingerprint density at radius 2 is 1.78 bits per heavy atom. The highest BCUT2D eigenvalue weighted by molar-refractivity contribution is 7.91. The van der Waals surface area contributed by atoms with Crippen LogP contribution in [0.1, 0.15) is 17.5 Å². The number of aromatic hydroxyl groups is 1. The Balaban J connectivity index is 1.15. The van der Waals surface area contributed by atoms with E-state index in [1.165, 1.54) is 11.5 Å². The quantitative estimate of drug-likeness (QED) is 0.243. The van der Waals surface area contributed by atoms with E-state index in [9.17, 15) is 23.1 Å². The summed E-state index contributed by atoms with van der Waals surface area (Å²) in [5, 5.41) is 14.9. The van der Waals surface area contributed by atoms with Crippen molar-refractivity contribution in [3.8, 4) is 5.75 Å². The van der Waals surface area contributed by atoms with E-state index >= 15 is 0 Å². The molecule has 8 nitrogen and oxygen atoms in total. The van der Waals surface area contributed by atoms with Crippen LogP contribution in [0.4, 0.5) is 0 Å². The summed E-state index contributed by atoms with van der Waals surface area (Å²) in [6.07, 6.45) is 1.02. The number of benzene rings is 3. The third kappa shape index (κ3) is 6.71. The van der Waals surface area contributed by atoms with Crippen molar-refractivity contribution < 1.29 is 23.1 Å². The number of aromatic nitrogens is 1. The molecule has 36 heavy (non-hydrogen) atoms. The van der Waals surface area contributed by atoms with E-state index in [2.05, 4.69) is 28.5 Å². The molecule has 1 aromatic heterocycles. The van der Waals surface area contributed by atoms with E-state index in [1.807, 2.05) is 24.3 Å². The van der Waals surface area contributed by atoms with Crippen LogP contribution in [0.5, 0.6) is 5.75 Å². The number of aromatic amines is 1. The molecule has 4 aromatic rings. The summed E-state index contributed by atoms with van der Waals surface area (Å²) in [5.41, 5.74) is 2.37. The highest BCUT2D eigenvalue weighted by atomic mass is 32.2. The standard InChI is InChI=1S/C26H28N2O6S2/c29-22-9-8-20(25-24(22)28-26(31)35-25)10-13-27-23(30)12-16-36(32,33)17-15-34-14-11-19-6-3-5-18-4-1-2-7-21(18)19/h1-9,29H,10-17H2,(H,27,30)(H,28,31). The molecule has 4 rings (SSSR count). The summed E-state index contributed by atoms with van der Waals surface area (Å²) >= 11 is 1.00. The zero-order valence-corrected chi connectivity index (χ0v) is 21.3. The molecule has 0 saturated heterocycles. The minimum atomic E-state index is -3.42. The number of hydrogen-bond acceptors (Lipinski definition) is 7. The minimum absolute atomic E-state index is 0.00103. The highest BCUT2D eigenvalue weighted by Gasteiger charge is 2.14. The average Bonchev–Trinajstić information content (AvgIpc) is 3.27. The zero-order chi connectivity index (χ0) is 25.5. The molecule has 0 saturated carbocycles. The SMILES string of the molecule is O=C(CCS(=O)(=O)CCOCCc1cccc2ccccc12)NCCc1ccc(O)c2[nH]c(=O)sc12. The predicted molar refractivity (Wildman–Crippen MR) is 143 cm³/mol. The van der Waals surface area contributed by atoms with E-state index in [0.29, 0.717) is 36.2 Å². The fourth-order valence-corrected chi connectivity index (χ4v) is 6.00. The molecular formula is C26H28N2O6S2. The van der Waals surface area contributed by atoms with Gasteiger partial charge in [0, 0.05) is 13.0 Å². The van der Waals surface area contributed by atoms with Gasteiger partial charge in [-0.1, -0.05) is 59.9 Å². The zero-order valence-electron chi connectivity index (χ0n) is 19.7. The predicted octanol–water partition coefficient (Wildman–Crippen LogP) is 3.17. The third-order valence-corrected chi connectivity index (χ3v) is 8.50. The summed E-state index contributed by atoms with van der Waals surface area (Å²) in [4.78, 5) is 26.1. The number of hydrogen-bond donors (Lipinski definition) is 3. The lowest BCUT2D eigenvalue weighted by molar-refractivity contribution is -0.120. The largest absolute Gasteiger partial charge is 0.506 e. The Bertz CT molecular complexity index is 1520. The summed E-state index contributed by atoms with van der Waals surface area (Å²) in [6, 6.07) is 17.4. The van der Waals surface area contributed by atoms with Crippen molar-refractivity contribution in [2.24, 2.45) is 0 Å². The lowest BCUT2D eigenvalue weighted by Gasteiger charge is -2.09. The van der Waals surface area contributed by atoms with Gasteiger partial charge in [0.15, 0.2) is 9.84 Å². The number of nitrogens with one attached hydrogen (secondary N) is 2. The molecule has 0 radical (unpaired) electrons. The molecular weight excluding hydrogens is 500 g/mol. The summed E-state index contributed by atoms with van der Waals surface area (Å²) in [7, 11) is -3.42. The molecule has 0 fully saturated rings. The van der Waals surface area contributed by atoms with Crippen LogP contribution < -0.4 is 10.2 Å². The maximum absolute atomic E-state index is 12.3. The molecule has 190 valence electrons. The van der Waals surface area contributed by atoms with Crippen LogP contribution in [-0.2, 0) is 32.2 Å². The molecule has 0 aliphatic rings. The maximum atomic E-state index is 12.3. The van der Waals surface area contributed by atoms with Crippen molar-refractivity contribution in [1.29, 1.82) is 0 Å². The molecule has 10 heteroatoms. The monoisotopic (exact) mass is 528 g/mol. The van der Waals surface area contributed by atoms with Crippen molar-refractivity contribution in [3.63, 3.8) is 0 Å². The van der Waals surface area contributed by atoms with Gasteiger partial charge < -0.3 is 20.1 Å². The number of phenols is 1. The van der Waals surface area contributed by atoms with Crippen LogP contribution in [0.25, 0.3) is 21.0 Å². The van der Waals surface area contributed by atoms with Gasteiger partial charge in [-0.15, -0.1) is 0 Å². The molecule has 3 aromatic carbocycles. The number of sulfone groups is 1. The van der Waals surface area contributed by atoms with Crippen molar-refractivity contribution in [3.05, 3.63) is 75.4 Å². The Kier molecular flexibility index (Phi) is 8.40. The minimum Gasteiger partial charge on any atom is -0.506 e. The first-order valence-electron chi connectivity index (χ1n) is 11.7. The highest BCUT2D eigenvalue weighted by Crippen LogP contribution is 2.27. The number of phenolic OH excluding ortho intramolecular Hbond substituents is 1. The van der Waals surface area contributed by atoms with Crippen molar-refractivity contribution >= 4 is 48.1 Å². The summed E-state index contributed by atoms with van der Waals surface area (Å²) in [5.74, 6) is -0.728. The second-order valence-electron chi connectivity index (χ2n) is 8.46. The van der Waals surface area contributed by atoms with Crippen LogP contribution in [0, 0.1) is 0 Å². The molecule has 0 aliphatic heterocycles. The number of thiazole rings is 1. The second-order valence-corrected chi connectivity index (χ2v) is 11.8. The van der Waals surface area contributed by atoms with Gasteiger partial charge in [0.2, 0.25) is 5.91 Å². The van der Waals surface area contributed by atoms with E-state index in [4.69, 9.17) is 4.74 Å². The van der Waals surface area contributed by atoms with E-state index in [0.717, 1.165) is 27.8 Å². The van der Waals surface area contributed by atoms with Gasteiger partial charge in [0.25, 0.3) is 0 Å². The molecule has 0 spiro atoms. The molecule has 3 N–H and O–H groups in total. The van der Waals surface area contributed by atoms with Gasteiger partial charge >= 0.3 is 4.87 Å². The van der Waals surface area contributed by atoms with Crippen molar-refractivity contribution in [2.45, 2.75) is 19.3 Å². The second kappa shape index (κ2) is 11.7. The number of H-pyrrole nitrogens is 1. The number of ether oxygens (including phenoxy) is 1. The lowest BCUT2D eigenvalue weighted by Crippen LogP contribution is -2.28. The van der Waals surface area contributed by atoms with Crippen molar-refractivity contribution in [2.75, 3.05) is 31.3 Å². The van der Waals surface area contributed by atoms with Gasteiger partial charge in [0.1, 0.15) is 11.3 Å². The molecule has 0 bridgehead atoms. The van der Waals surface area contributed by atoms with Gasteiger partial charge in [-0.3, -0.25) is 9.59 Å². The number of rotatable bonds is 12. The summed E-state index contributed by atoms with van der Waals surface area (Å²) < 4.78 is 30.8. The van der Waals surface area contributed by atoms with Gasteiger partial charge in [-0.05, 0) is 40.8 Å². The fraction of sp³-hybridized carbons (Fsp3) is 0.308. The first kappa shape index (κ1) is 25.9. The summed E-state index contributed by atoms with van der Waals surface area (Å²) in [6.45, 7) is 0.803. The van der Waals surface area contributed by atoms with Crippen LogP contribution >= 0.6 is 11.3 Å². The topological polar surface area (TPSA) is 126 Å². The Morgan fingerprint density at radius 3 is 2.64 bits per heavy atom. The third-order valence-electron chi connectivity index (χ3n) is 5.93. The Labute approximate surface area is 212 Å². The normalized spacial score (nSPS) is 11.8. The molecule has 1 heterocycles. The average molecular weight is 529 g/mol. The van der Waals surface area contributed by atoms with Gasteiger partial charge in [-0.25, -0.2) is 8.42 Å².